The maximum absolute atomic E-state index is 13.2. The van der Waals surface area contributed by atoms with Crippen LogP contribution in [-0.2, 0) is 0 Å². The zero-order valence-corrected chi connectivity index (χ0v) is 16.7. The lowest BCUT2D eigenvalue weighted by atomic mass is 9.95. The smallest absolute Gasteiger partial charge is 0.273 e. The van der Waals surface area contributed by atoms with E-state index < -0.39 is 0 Å². The number of hydrogen-bond acceptors (Lipinski definition) is 4. The molecule has 2 N–H and O–H groups in total. The normalized spacial score (nSPS) is 15.6. The van der Waals surface area contributed by atoms with Crippen LogP contribution in [0.3, 0.4) is 0 Å². The van der Waals surface area contributed by atoms with Gasteiger partial charge in [-0.3, -0.25) is 9.89 Å². The summed E-state index contributed by atoms with van der Waals surface area (Å²) >= 11 is 0. The van der Waals surface area contributed by atoms with Gasteiger partial charge in [0.15, 0.2) is 0 Å². The fraction of sp³-hybridized carbons (Fsp3) is 0.304. The average molecular weight is 391 g/mol. The first kappa shape index (κ1) is 19.1. The number of aromatic hydroxyl groups is 1. The van der Waals surface area contributed by atoms with Crippen molar-refractivity contribution in [2.45, 2.75) is 32.7 Å². The summed E-state index contributed by atoms with van der Waals surface area (Å²) in [6.45, 7) is 5.29. The molecule has 1 aliphatic rings. The molecule has 1 atom stereocenters. The fourth-order valence-electron chi connectivity index (χ4n) is 3.92. The van der Waals surface area contributed by atoms with Crippen molar-refractivity contribution in [3.05, 3.63) is 65.4 Å². The number of nitrogens with zero attached hydrogens (tertiary/aromatic N) is 2. The lowest BCUT2D eigenvalue weighted by Gasteiger charge is -2.26. The number of benzene rings is 2. The van der Waals surface area contributed by atoms with Gasteiger partial charge in [-0.25, -0.2) is 0 Å². The second kappa shape index (κ2) is 7.99. The summed E-state index contributed by atoms with van der Waals surface area (Å²) in [6, 6.07) is 14.7. The molecule has 0 aliphatic carbocycles. The average Bonchev–Trinajstić information content (AvgIpc) is 3.26. The second-order valence-electron chi connectivity index (χ2n) is 7.14. The molecule has 0 unspecified atom stereocenters. The van der Waals surface area contributed by atoms with Crippen molar-refractivity contribution in [2.24, 2.45) is 0 Å². The highest BCUT2D eigenvalue weighted by Gasteiger charge is 2.42. The number of hydrogen-bond donors (Lipinski definition) is 2. The van der Waals surface area contributed by atoms with Crippen LogP contribution in [0.1, 0.15) is 54.3 Å². The van der Waals surface area contributed by atoms with E-state index >= 15 is 0 Å². The Balaban J connectivity index is 1.86. The maximum atomic E-state index is 13.2. The first-order chi connectivity index (χ1) is 14.2. The highest BCUT2D eigenvalue weighted by atomic mass is 16.5. The largest absolute Gasteiger partial charge is 0.507 e. The number of amides is 1. The molecule has 1 aliphatic heterocycles. The molecule has 0 saturated heterocycles. The van der Waals surface area contributed by atoms with Crippen LogP contribution >= 0.6 is 0 Å². The lowest BCUT2D eigenvalue weighted by Crippen LogP contribution is -2.30. The minimum absolute atomic E-state index is 0.0607. The van der Waals surface area contributed by atoms with Gasteiger partial charge in [0.05, 0.1) is 12.6 Å². The molecule has 0 bridgehead atoms. The molecule has 6 heteroatoms. The number of aromatic nitrogens is 2. The molecule has 0 spiro atoms. The third-order valence-electron chi connectivity index (χ3n) is 5.26. The van der Waals surface area contributed by atoms with Crippen LogP contribution in [-0.4, -0.2) is 39.3 Å². The lowest BCUT2D eigenvalue weighted by molar-refractivity contribution is 0.0741. The number of unbranched alkanes of at least 4 members (excludes halogenated alkanes) is 1. The zero-order chi connectivity index (χ0) is 20.4. The van der Waals surface area contributed by atoms with Gasteiger partial charge < -0.3 is 14.7 Å². The molecule has 150 valence electrons. The summed E-state index contributed by atoms with van der Waals surface area (Å²) in [6.07, 6.45) is 1.91. The number of fused-ring (bicyclic) bond motifs is 1. The quantitative estimate of drug-likeness (QED) is 0.620. The Bertz CT molecular complexity index is 1030. The molecular weight excluding hydrogens is 366 g/mol. The molecule has 1 aromatic heterocycles. The number of aromatic amines is 1. The van der Waals surface area contributed by atoms with Crippen molar-refractivity contribution in [1.29, 1.82) is 0 Å². The Kier molecular flexibility index (Phi) is 5.25. The second-order valence-corrected chi connectivity index (χ2v) is 7.14. The van der Waals surface area contributed by atoms with Crippen molar-refractivity contribution < 1.29 is 14.6 Å². The molecule has 0 fully saturated rings. The number of carbonyl (C=O) groups is 1. The Morgan fingerprint density at radius 1 is 1.17 bits per heavy atom. The molecular formula is C23H25N3O3. The van der Waals surface area contributed by atoms with E-state index in [4.69, 9.17) is 4.74 Å². The van der Waals surface area contributed by atoms with Gasteiger partial charge in [0.1, 0.15) is 22.9 Å². The Hall–Kier alpha value is -3.28. The monoisotopic (exact) mass is 391 g/mol. The van der Waals surface area contributed by atoms with E-state index in [1.165, 1.54) is 0 Å². The molecule has 29 heavy (non-hydrogen) atoms. The number of carbonyl (C=O) groups excluding carboxylic acids is 1. The third kappa shape index (κ3) is 3.35. The molecule has 0 radical (unpaired) electrons. The van der Waals surface area contributed by atoms with E-state index in [0.717, 1.165) is 29.7 Å². The number of rotatable bonds is 7. The van der Waals surface area contributed by atoms with E-state index in [9.17, 15) is 9.90 Å². The van der Waals surface area contributed by atoms with Gasteiger partial charge in [0.2, 0.25) is 0 Å². The van der Waals surface area contributed by atoms with Gasteiger partial charge in [0.25, 0.3) is 5.91 Å². The van der Waals surface area contributed by atoms with Crippen molar-refractivity contribution in [2.75, 3.05) is 13.2 Å². The Morgan fingerprint density at radius 3 is 2.76 bits per heavy atom. The minimum atomic E-state index is -0.280. The molecule has 6 nitrogen and oxygen atoms in total. The van der Waals surface area contributed by atoms with E-state index in [1.54, 1.807) is 12.1 Å². The number of phenolic OH excluding ortho intramolecular Hbond substituents is 1. The van der Waals surface area contributed by atoms with E-state index in [-0.39, 0.29) is 17.7 Å². The summed E-state index contributed by atoms with van der Waals surface area (Å²) in [5.41, 5.74) is 3.49. The first-order valence-electron chi connectivity index (χ1n) is 10.1. The van der Waals surface area contributed by atoms with Gasteiger partial charge in [-0.2, -0.15) is 5.10 Å². The van der Waals surface area contributed by atoms with Gasteiger partial charge >= 0.3 is 0 Å². The van der Waals surface area contributed by atoms with E-state index in [1.807, 2.05) is 48.2 Å². The molecule has 1 amide bonds. The molecule has 3 aromatic rings. The van der Waals surface area contributed by atoms with Gasteiger partial charge in [0, 0.05) is 17.7 Å². The van der Waals surface area contributed by atoms with Crippen LogP contribution in [0.5, 0.6) is 11.5 Å². The topological polar surface area (TPSA) is 78.5 Å². The zero-order valence-electron chi connectivity index (χ0n) is 16.7. The number of phenols is 1. The number of nitrogens with one attached hydrogen (secondary N) is 1. The van der Waals surface area contributed by atoms with Crippen LogP contribution < -0.4 is 4.74 Å². The van der Waals surface area contributed by atoms with Crippen LogP contribution in [0.25, 0.3) is 11.3 Å². The number of H-pyrrole nitrogens is 1. The summed E-state index contributed by atoms with van der Waals surface area (Å²) in [5, 5.41) is 17.7. The summed E-state index contributed by atoms with van der Waals surface area (Å²) in [4.78, 5) is 15.1. The summed E-state index contributed by atoms with van der Waals surface area (Å²) in [5.74, 6) is 0.853. The van der Waals surface area contributed by atoms with Crippen LogP contribution in [0.2, 0.25) is 0 Å². The summed E-state index contributed by atoms with van der Waals surface area (Å²) in [7, 11) is 0. The van der Waals surface area contributed by atoms with E-state index in [0.29, 0.717) is 30.1 Å². The SMILES string of the molecule is CCCCN1C(=O)c2[nH]nc(-c3ccccc3O)c2[C@@H]1c1cccc(OCC)c1. The predicted molar refractivity (Wildman–Crippen MR) is 111 cm³/mol. The van der Waals surface area contributed by atoms with Crippen LogP contribution in [0, 0.1) is 0 Å². The van der Waals surface area contributed by atoms with E-state index in [2.05, 4.69) is 17.1 Å². The third-order valence-corrected chi connectivity index (χ3v) is 5.26. The standard InChI is InChI=1S/C23H25N3O3/c1-3-5-13-26-22(15-9-8-10-16(14-15)29-4-2)19-20(24-25-21(19)23(26)28)17-11-6-7-12-18(17)27/h6-12,14,22,27H,3-5,13H2,1-2H3,(H,24,25)/t22-/m0/s1. The van der Waals surface area contributed by atoms with Crippen molar-refractivity contribution >= 4 is 5.91 Å². The van der Waals surface area contributed by atoms with Gasteiger partial charge in [-0.05, 0) is 43.2 Å². The first-order valence-corrected chi connectivity index (χ1v) is 10.1. The highest BCUT2D eigenvalue weighted by molar-refractivity contribution is 6.00. The maximum Gasteiger partial charge on any atom is 0.273 e. The Morgan fingerprint density at radius 2 is 2.00 bits per heavy atom. The predicted octanol–water partition coefficient (Wildman–Crippen LogP) is 4.53. The highest BCUT2D eigenvalue weighted by Crippen LogP contribution is 2.44. The molecule has 2 aromatic carbocycles. The minimum Gasteiger partial charge on any atom is -0.507 e. The number of para-hydroxylation sites is 1. The molecule has 2 heterocycles. The van der Waals surface area contributed by atoms with Crippen molar-refractivity contribution in [3.8, 4) is 22.8 Å². The Labute approximate surface area is 170 Å². The van der Waals surface area contributed by atoms with Crippen molar-refractivity contribution in [3.63, 3.8) is 0 Å². The van der Waals surface area contributed by atoms with Crippen LogP contribution in [0.15, 0.2) is 48.5 Å². The fourth-order valence-corrected chi connectivity index (χ4v) is 3.92. The van der Waals surface area contributed by atoms with Crippen molar-refractivity contribution in [1.82, 2.24) is 15.1 Å². The summed E-state index contributed by atoms with van der Waals surface area (Å²) < 4.78 is 5.69. The molecule has 0 saturated carbocycles. The number of ether oxygens (including phenoxy) is 1. The van der Waals surface area contributed by atoms with Gasteiger partial charge in [-0.1, -0.05) is 37.6 Å². The van der Waals surface area contributed by atoms with Gasteiger partial charge in [-0.15, -0.1) is 0 Å². The molecule has 4 rings (SSSR count). The van der Waals surface area contributed by atoms with Crippen LogP contribution in [0.4, 0.5) is 0 Å².